The molecule has 0 aliphatic carbocycles. The standard InChI is InChI=1S/C12H16O6/c1-17-9-4-2-8(3-5-9)12(16)18-7-11(15)10(14)6-13/h2-5,10-11,13-15H,6-7H2,1H3. The Hall–Kier alpha value is -1.63. The molecule has 6 heteroatoms. The van der Waals surface area contributed by atoms with Gasteiger partial charge in [0, 0.05) is 0 Å². The van der Waals surface area contributed by atoms with Crippen molar-refractivity contribution in [2.45, 2.75) is 12.2 Å². The second-order valence-electron chi connectivity index (χ2n) is 3.64. The van der Waals surface area contributed by atoms with Gasteiger partial charge in [0.05, 0.1) is 19.3 Å². The molecule has 6 nitrogen and oxygen atoms in total. The van der Waals surface area contributed by atoms with E-state index < -0.39 is 24.8 Å². The maximum atomic E-state index is 11.5. The first-order valence-corrected chi connectivity index (χ1v) is 5.36. The molecule has 2 atom stereocenters. The fraction of sp³-hybridized carbons (Fsp3) is 0.417. The molecule has 1 aromatic carbocycles. The summed E-state index contributed by atoms with van der Waals surface area (Å²) in [6.07, 6.45) is -2.63. The predicted molar refractivity (Wildman–Crippen MR) is 62.4 cm³/mol. The second kappa shape index (κ2) is 6.95. The van der Waals surface area contributed by atoms with Gasteiger partial charge in [-0.25, -0.2) is 4.79 Å². The van der Waals surface area contributed by atoms with Gasteiger partial charge in [0.1, 0.15) is 24.6 Å². The van der Waals surface area contributed by atoms with E-state index in [4.69, 9.17) is 19.7 Å². The fourth-order valence-electron chi connectivity index (χ4n) is 1.20. The molecule has 0 fully saturated rings. The molecule has 2 unspecified atom stereocenters. The molecule has 0 amide bonds. The van der Waals surface area contributed by atoms with Crippen molar-refractivity contribution in [3.8, 4) is 5.75 Å². The molecular formula is C12H16O6. The lowest BCUT2D eigenvalue weighted by molar-refractivity contribution is -0.0467. The lowest BCUT2D eigenvalue weighted by Gasteiger charge is -2.15. The van der Waals surface area contributed by atoms with Crippen molar-refractivity contribution >= 4 is 5.97 Å². The van der Waals surface area contributed by atoms with Crippen LogP contribution in [-0.2, 0) is 4.74 Å². The first-order valence-electron chi connectivity index (χ1n) is 5.36. The van der Waals surface area contributed by atoms with Crippen molar-refractivity contribution in [3.05, 3.63) is 29.8 Å². The number of aliphatic hydroxyl groups is 3. The summed E-state index contributed by atoms with van der Waals surface area (Å²) in [6.45, 7) is -0.978. The molecular weight excluding hydrogens is 240 g/mol. The molecule has 0 bridgehead atoms. The van der Waals surface area contributed by atoms with E-state index in [0.717, 1.165) is 0 Å². The molecule has 0 aromatic heterocycles. The van der Waals surface area contributed by atoms with Crippen LogP contribution in [0.25, 0.3) is 0 Å². The molecule has 1 rings (SSSR count). The van der Waals surface area contributed by atoms with Crippen LogP contribution in [0, 0.1) is 0 Å². The van der Waals surface area contributed by atoms with E-state index in [2.05, 4.69) is 0 Å². The molecule has 1 aromatic rings. The SMILES string of the molecule is COc1ccc(C(=O)OCC(O)C(O)CO)cc1. The Kier molecular flexibility index (Phi) is 5.57. The zero-order valence-electron chi connectivity index (χ0n) is 9.94. The van der Waals surface area contributed by atoms with Gasteiger partial charge in [0.15, 0.2) is 0 Å². The molecule has 0 spiro atoms. The molecule has 0 aliphatic heterocycles. The van der Waals surface area contributed by atoms with Crippen LogP contribution >= 0.6 is 0 Å². The summed E-state index contributed by atoms with van der Waals surface area (Å²) in [7, 11) is 1.51. The average molecular weight is 256 g/mol. The van der Waals surface area contributed by atoms with Gasteiger partial charge in [-0.05, 0) is 24.3 Å². The third-order valence-corrected chi connectivity index (χ3v) is 2.34. The number of methoxy groups -OCH3 is 1. The van der Waals surface area contributed by atoms with Gasteiger partial charge in [-0.1, -0.05) is 0 Å². The summed E-state index contributed by atoms with van der Waals surface area (Å²) >= 11 is 0. The topological polar surface area (TPSA) is 96.2 Å². The van der Waals surface area contributed by atoms with Crippen molar-refractivity contribution in [3.63, 3.8) is 0 Å². The molecule has 0 aliphatic rings. The number of carbonyl (C=O) groups is 1. The van der Waals surface area contributed by atoms with Gasteiger partial charge in [-0.15, -0.1) is 0 Å². The van der Waals surface area contributed by atoms with Gasteiger partial charge in [-0.3, -0.25) is 0 Å². The normalized spacial score (nSPS) is 13.8. The van der Waals surface area contributed by atoms with Crippen LogP contribution in [0.4, 0.5) is 0 Å². The quantitative estimate of drug-likeness (QED) is 0.597. The average Bonchev–Trinajstić information content (AvgIpc) is 2.43. The Labute approximate surface area is 104 Å². The zero-order chi connectivity index (χ0) is 13.5. The lowest BCUT2D eigenvalue weighted by atomic mass is 10.2. The number of esters is 1. The third-order valence-electron chi connectivity index (χ3n) is 2.34. The van der Waals surface area contributed by atoms with E-state index >= 15 is 0 Å². The maximum absolute atomic E-state index is 11.5. The van der Waals surface area contributed by atoms with E-state index in [-0.39, 0.29) is 6.61 Å². The highest BCUT2D eigenvalue weighted by Crippen LogP contribution is 2.12. The van der Waals surface area contributed by atoms with Crippen LogP contribution in [0.2, 0.25) is 0 Å². The minimum Gasteiger partial charge on any atom is -0.497 e. The number of benzene rings is 1. The maximum Gasteiger partial charge on any atom is 0.338 e. The highest BCUT2D eigenvalue weighted by atomic mass is 16.5. The van der Waals surface area contributed by atoms with Gasteiger partial charge in [-0.2, -0.15) is 0 Å². The number of hydrogen-bond acceptors (Lipinski definition) is 6. The Morgan fingerprint density at radius 1 is 1.22 bits per heavy atom. The van der Waals surface area contributed by atoms with Gasteiger partial charge < -0.3 is 24.8 Å². The largest absolute Gasteiger partial charge is 0.497 e. The Morgan fingerprint density at radius 2 is 1.83 bits per heavy atom. The molecule has 3 N–H and O–H groups in total. The van der Waals surface area contributed by atoms with Crippen LogP contribution in [0.5, 0.6) is 5.75 Å². The van der Waals surface area contributed by atoms with Crippen molar-refractivity contribution in [1.29, 1.82) is 0 Å². The number of ether oxygens (including phenoxy) is 2. The van der Waals surface area contributed by atoms with Crippen molar-refractivity contribution in [2.75, 3.05) is 20.3 Å². The van der Waals surface area contributed by atoms with Gasteiger partial charge >= 0.3 is 5.97 Å². The summed E-state index contributed by atoms with van der Waals surface area (Å²) in [4.78, 5) is 11.5. The summed E-state index contributed by atoms with van der Waals surface area (Å²) < 4.78 is 9.73. The Bertz CT molecular complexity index is 375. The van der Waals surface area contributed by atoms with Crippen LogP contribution in [0.3, 0.4) is 0 Å². The van der Waals surface area contributed by atoms with Gasteiger partial charge in [0.2, 0.25) is 0 Å². The zero-order valence-corrected chi connectivity index (χ0v) is 9.94. The summed E-state index contributed by atoms with van der Waals surface area (Å²) in [5, 5.41) is 26.9. The lowest BCUT2D eigenvalue weighted by Crippen LogP contribution is -2.34. The van der Waals surface area contributed by atoms with Crippen LogP contribution in [-0.4, -0.2) is 53.8 Å². The molecule has 0 saturated heterocycles. The van der Waals surface area contributed by atoms with E-state index in [9.17, 15) is 9.90 Å². The molecule has 0 heterocycles. The van der Waals surface area contributed by atoms with E-state index in [1.54, 1.807) is 12.1 Å². The van der Waals surface area contributed by atoms with Crippen molar-refractivity contribution < 1.29 is 29.6 Å². The minimum absolute atomic E-state index is 0.307. The van der Waals surface area contributed by atoms with Crippen LogP contribution < -0.4 is 4.74 Å². The second-order valence-corrected chi connectivity index (χ2v) is 3.64. The first kappa shape index (κ1) is 14.4. The summed E-state index contributed by atoms with van der Waals surface area (Å²) in [5.41, 5.74) is 0.307. The third kappa shape index (κ3) is 3.99. The number of aliphatic hydroxyl groups excluding tert-OH is 3. The minimum atomic E-state index is -1.33. The number of carbonyl (C=O) groups excluding carboxylic acids is 1. The predicted octanol–water partition coefficient (Wildman–Crippen LogP) is -0.434. The molecule has 18 heavy (non-hydrogen) atoms. The van der Waals surface area contributed by atoms with E-state index in [1.165, 1.54) is 19.2 Å². The Morgan fingerprint density at radius 3 is 2.33 bits per heavy atom. The molecule has 100 valence electrons. The monoisotopic (exact) mass is 256 g/mol. The van der Waals surface area contributed by atoms with Crippen molar-refractivity contribution in [1.82, 2.24) is 0 Å². The Balaban J connectivity index is 2.49. The van der Waals surface area contributed by atoms with Crippen LogP contribution in [0.15, 0.2) is 24.3 Å². The summed E-state index contributed by atoms with van der Waals surface area (Å²) in [6, 6.07) is 6.26. The van der Waals surface area contributed by atoms with E-state index in [0.29, 0.717) is 11.3 Å². The highest BCUT2D eigenvalue weighted by Gasteiger charge is 2.17. The number of rotatable bonds is 6. The van der Waals surface area contributed by atoms with Crippen molar-refractivity contribution in [2.24, 2.45) is 0 Å². The smallest absolute Gasteiger partial charge is 0.338 e. The van der Waals surface area contributed by atoms with Crippen LogP contribution in [0.1, 0.15) is 10.4 Å². The van der Waals surface area contributed by atoms with E-state index in [1.807, 2.05) is 0 Å². The molecule has 0 radical (unpaired) electrons. The van der Waals surface area contributed by atoms with Gasteiger partial charge in [0.25, 0.3) is 0 Å². The number of hydrogen-bond donors (Lipinski definition) is 3. The summed E-state index contributed by atoms with van der Waals surface area (Å²) in [5.74, 6) is -0.0101. The first-order chi connectivity index (χ1) is 8.58. The highest BCUT2D eigenvalue weighted by molar-refractivity contribution is 5.89. The molecule has 0 saturated carbocycles. The fourth-order valence-corrected chi connectivity index (χ4v) is 1.20.